The highest BCUT2D eigenvalue weighted by molar-refractivity contribution is 5.79. The Kier molecular flexibility index (Phi) is 3.46. The van der Waals surface area contributed by atoms with Crippen LogP contribution in [0.4, 0.5) is 0 Å². The lowest BCUT2D eigenvalue weighted by Gasteiger charge is -2.26. The van der Waals surface area contributed by atoms with Gasteiger partial charge in [-0.15, -0.1) is 0 Å². The molecule has 0 unspecified atom stereocenters. The van der Waals surface area contributed by atoms with Crippen LogP contribution in [0.1, 0.15) is 37.9 Å². The molecule has 2 rings (SSSR count). The smallest absolute Gasteiger partial charge is 0.229 e. The van der Waals surface area contributed by atoms with Crippen LogP contribution in [0.3, 0.4) is 0 Å². The Labute approximate surface area is 103 Å². The lowest BCUT2D eigenvalue weighted by molar-refractivity contribution is -0.132. The zero-order valence-corrected chi connectivity index (χ0v) is 10.8. The van der Waals surface area contributed by atoms with Gasteiger partial charge in [-0.3, -0.25) is 9.78 Å². The number of aromatic nitrogens is 1. The van der Waals surface area contributed by atoms with Crippen molar-refractivity contribution in [2.45, 2.75) is 52.1 Å². The predicted molar refractivity (Wildman–Crippen MR) is 67.7 cm³/mol. The van der Waals surface area contributed by atoms with Crippen molar-refractivity contribution in [3.63, 3.8) is 0 Å². The molecule has 1 aromatic rings. The van der Waals surface area contributed by atoms with Gasteiger partial charge in [-0.2, -0.15) is 0 Å². The molecule has 0 bridgehead atoms. The van der Waals surface area contributed by atoms with Gasteiger partial charge < -0.3 is 4.90 Å². The van der Waals surface area contributed by atoms with Gasteiger partial charge >= 0.3 is 0 Å². The summed E-state index contributed by atoms with van der Waals surface area (Å²) < 4.78 is 0. The summed E-state index contributed by atoms with van der Waals surface area (Å²) in [4.78, 5) is 18.5. The Morgan fingerprint density at radius 1 is 1.35 bits per heavy atom. The van der Waals surface area contributed by atoms with Gasteiger partial charge in [-0.05, 0) is 45.2 Å². The minimum atomic E-state index is 0.207. The van der Waals surface area contributed by atoms with Gasteiger partial charge in [0.1, 0.15) is 0 Å². The molecular formula is C14H20N2O. The number of aryl methyl sites for hydroxylation is 1. The molecule has 0 saturated carbocycles. The lowest BCUT2D eigenvalue weighted by atomic mass is 10.2. The van der Waals surface area contributed by atoms with Crippen LogP contribution in [0.25, 0.3) is 0 Å². The summed E-state index contributed by atoms with van der Waals surface area (Å²) in [6.45, 7) is 6.26. The van der Waals surface area contributed by atoms with E-state index >= 15 is 0 Å². The highest BCUT2D eigenvalue weighted by Gasteiger charge is 2.31. The molecule has 92 valence electrons. The first-order valence-corrected chi connectivity index (χ1v) is 6.30. The van der Waals surface area contributed by atoms with Crippen LogP contribution in [0.15, 0.2) is 18.3 Å². The molecule has 0 radical (unpaired) electrons. The first-order chi connectivity index (χ1) is 8.08. The van der Waals surface area contributed by atoms with Crippen molar-refractivity contribution in [3.8, 4) is 0 Å². The summed E-state index contributed by atoms with van der Waals surface area (Å²) in [6.07, 6.45) is 4.48. The quantitative estimate of drug-likeness (QED) is 0.784. The van der Waals surface area contributed by atoms with Crippen molar-refractivity contribution in [1.29, 1.82) is 0 Å². The highest BCUT2D eigenvalue weighted by atomic mass is 16.2. The first kappa shape index (κ1) is 12.1. The number of carbonyl (C=O) groups excluding carboxylic acids is 1. The molecule has 0 spiro atoms. The molecule has 0 aliphatic carbocycles. The number of hydrogen-bond donors (Lipinski definition) is 0. The van der Waals surface area contributed by atoms with Gasteiger partial charge in [0.05, 0.1) is 6.42 Å². The van der Waals surface area contributed by atoms with Crippen LogP contribution in [0, 0.1) is 6.92 Å². The summed E-state index contributed by atoms with van der Waals surface area (Å²) >= 11 is 0. The van der Waals surface area contributed by atoms with E-state index in [9.17, 15) is 4.79 Å². The Balaban J connectivity index is 2.04. The Morgan fingerprint density at radius 2 is 2.00 bits per heavy atom. The largest absolute Gasteiger partial charge is 0.337 e. The molecule has 1 aromatic heterocycles. The summed E-state index contributed by atoms with van der Waals surface area (Å²) in [5.74, 6) is 0.207. The van der Waals surface area contributed by atoms with Crippen molar-refractivity contribution in [3.05, 3.63) is 29.6 Å². The van der Waals surface area contributed by atoms with Crippen LogP contribution in [-0.4, -0.2) is 27.9 Å². The van der Waals surface area contributed by atoms with E-state index in [1.165, 1.54) is 0 Å². The molecule has 2 heterocycles. The van der Waals surface area contributed by atoms with E-state index in [2.05, 4.69) is 18.8 Å². The number of amides is 1. The number of likely N-dealkylation sites (tertiary alicyclic amines) is 1. The third-order valence-corrected chi connectivity index (χ3v) is 3.54. The monoisotopic (exact) mass is 232 g/mol. The predicted octanol–water partition coefficient (Wildman–Crippen LogP) is 2.33. The van der Waals surface area contributed by atoms with E-state index in [0.717, 1.165) is 24.1 Å². The van der Waals surface area contributed by atoms with Crippen LogP contribution in [-0.2, 0) is 11.2 Å². The summed E-state index contributed by atoms with van der Waals surface area (Å²) in [6, 6.07) is 4.70. The number of hydrogen-bond acceptors (Lipinski definition) is 2. The van der Waals surface area contributed by atoms with Gasteiger partial charge in [0.25, 0.3) is 0 Å². The standard InChI is InChI=1S/C14H20N2O/c1-10-4-7-13(15-9-10)8-14(17)16-11(2)5-6-12(16)3/h4,7,9,11-12H,5-6,8H2,1-3H3/t11-,12-/m0/s1. The second-order valence-corrected chi connectivity index (χ2v) is 5.08. The van der Waals surface area contributed by atoms with Gasteiger partial charge in [-0.1, -0.05) is 6.07 Å². The van der Waals surface area contributed by atoms with Crippen LogP contribution < -0.4 is 0 Å². The first-order valence-electron chi connectivity index (χ1n) is 6.30. The van der Waals surface area contributed by atoms with Crippen LogP contribution >= 0.6 is 0 Å². The molecular weight excluding hydrogens is 212 g/mol. The third-order valence-electron chi connectivity index (χ3n) is 3.54. The minimum absolute atomic E-state index is 0.207. The fourth-order valence-corrected chi connectivity index (χ4v) is 2.54. The zero-order valence-electron chi connectivity index (χ0n) is 10.8. The van der Waals surface area contributed by atoms with Crippen molar-refractivity contribution in [2.75, 3.05) is 0 Å². The fourth-order valence-electron chi connectivity index (χ4n) is 2.54. The molecule has 17 heavy (non-hydrogen) atoms. The van der Waals surface area contributed by atoms with E-state index in [-0.39, 0.29) is 5.91 Å². The number of pyridine rings is 1. The summed E-state index contributed by atoms with van der Waals surface area (Å²) in [5.41, 5.74) is 2.00. The Bertz CT molecular complexity index is 389. The molecule has 1 saturated heterocycles. The van der Waals surface area contributed by atoms with Crippen LogP contribution in [0.5, 0.6) is 0 Å². The highest BCUT2D eigenvalue weighted by Crippen LogP contribution is 2.24. The Morgan fingerprint density at radius 3 is 2.53 bits per heavy atom. The number of rotatable bonds is 2. The molecule has 2 atom stereocenters. The van der Waals surface area contributed by atoms with E-state index in [0.29, 0.717) is 18.5 Å². The SMILES string of the molecule is Cc1ccc(CC(=O)N2[C@@H](C)CC[C@@H]2C)nc1. The Hall–Kier alpha value is -1.38. The normalized spacial score (nSPS) is 24.1. The third kappa shape index (κ3) is 2.65. The van der Waals surface area contributed by atoms with Gasteiger partial charge in [-0.25, -0.2) is 0 Å². The molecule has 3 nitrogen and oxygen atoms in total. The van der Waals surface area contributed by atoms with E-state index in [4.69, 9.17) is 0 Å². The molecule has 1 fully saturated rings. The van der Waals surface area contributed by atoms with Crippen molar-refractivity contribution in [2.24, 2.45) is 0 Å². The molecule has 3 heteroatoms. The maximum atomic E-state index is 12.2. The topological polar surface area (TPSA) is 33.2 Å². The van der Waals surface area contributed by atoms with Crippen LogP contribution in [0.2, 0.25) is 0 Å². The zero-order chi connectivity index (χ0) is 12.4. The van der Waals surface area contributed by atoms with Gasteiger partial charge in [0.2, 0.25) is 5.91 Å². The molecule has 1 aliphatic heterocycles. The lowest BCUT2D eigenvalue weighted by Crippen LogP contribution is -2.39. The average Bonchev–Trinajstić information content (AvgIpc) is 2.62. The molecule has 1 amide bonds. The summed E-state index contributed by atoms with van der Waals surface area (Å²) in [7, 11) is 0. The number of carbonyl (C=O) groups is 1. The second-order valence-electron chi connectivity index (χ2n) is 5.08. The van der Waals surface area contributed by atoms with E-state index < -0.39 is 0 Å². The molecule has 1 aliphatic rings. The van der Waals surface area contributed by atoms with Crippen molar-refractivity contribution in [1.82, 2.24) is 9.88 Å². The van der Waals surface area contributed by atoms with E-state index in [1.54, 1.807) is 0 Å². The molecule has 0 aromatic carbocycles. The minimum Gasteiger partial charge on any atom is -0.337 e. The number of nitrogens with zero attached hydrogens (tertiary/aromatic N) is 2. The fraction of sp³-hybridized carbons (Fsp3) is 0.571. The van der Waals surface area contributed by atoms with Gasteiger partial charge in [0, 0.05) is 24.0 Å². The maximum Gasteiger partial charge on any atom is 0.229 e. The van der Waals surface area contributed by atoms with E-state index in [1.807, 2.05) is 30.2 Å². The maximum absolute atomic E-state index is 12.2. The summed E-state index contributed by atoms with van der Waals surface area (Å²) in [5, 5.41) is 0. The second kappa shape index (κ2) is 4.86. The average molecular weight is 232 g/mol. The van der Waals surface area contributed by atoms with Crippen molar-refractivity contribution >= 4 is 5.91 Å². The van der Waals surface area contributed by atoms with Crippen molar-refractivity contribution < 1.29 is 4.79 Å². The molecule has 0 N–H and O–H groups in total. The van der Waals surface area contributed by atoms with Gasteiger partial charge in [0.15, 0.2) is 0 Å².